The number of aliphatic hydroxyl groups excluding tert-OH is 1. The number of carbonyl (C=O) groups is 1. The zero-order valence-electron chi connectivity index (χ0n) is 11.0. The van der Waals surface area contributed by atoms with E-state index in [0.717, 1.165) is 11.3 Å². The van der Waals surface area contributed by atoms with Gasteiger partial charge in [-0.3, -0.25) is 4.79 Å². The largest absolute Gasteiger partial charge is 0.492 e. The second kappa shape index (κ2) is 5.95. The summed E-state index contributed by atoms with van der Waals surface area (Å²) in [4.78, 5) is 17.1. The summed E-state index contributed by atoms with van der Waals surface area (Å²) < 4.78 is 5.50. The topological polar surface area (TPSA) is 71.5 Å². The normalized spacial score (nSPS) is 15.6. The Morgan fingerprint density at radius 3 is 3.24 bits per heavy atom. The molecule has 0 saturated carbocycles. The number of thiazole rings is 1. The first-order chi connectivity index (χ1) is 10.3. The number of benzene rings is 1. The molecule has 1 aromatic carbocycles. The van der Waals surface area contributed by atoms with Gasteiger partial charge in [0, 0.05) is 5.56 Å². The van der Waals surface area contributed by atoms with Crippen LogP contribution in [0.15, 0.2) is 30.5 Å². The lowest BCUT2D eigenvalue weighted by molar-refractivity contribution is -0.117. The summed E-state index contributed by atoms with van der Waals surface area (Å²) in [6, 6.07) is 7.52. The van der Waals surface area contributed by atoms with Gasteiger partial charge < -0.3 is 15.2 Å². The zero-order valence-corrected chi connectivity index (χ0v) is 11.8. The van der Waals surface area contributed by atoms with Crippen LogP contribution in [-0.2, 0) is 4.79 Å². The molecule has 1 aliphatic heterocycles. The number of hydrogen-bond donors (Lipinski definition) is 2. The van der Waals surface area contributed by atoms with Crippen LogP contribution in [0.5, 0.6) is 5.75 Å². The number of carbonyl (C=O) groups excluding carboxylic acids is 1. The van der Waals surface area contributed by atoms with E-state index in [1.54, 1.807) is 6.20 Å². The summed E-state index contributed by atoms with van der Waals surface area (Å²) in [6.45, 7) is 0.142. The molecule has 3 rings (SSSR count). The number of hydrogen-bond acceptors (Lipinski definition) is 5. The molecule has 0 radical (unpaired) electrons. The minimum atomic E-state index is -0.322. The molecular weight excluding hydrogens is 288 g/mol. The highest BCUT2D eigenvalue weighted by molar-refractivity contribution is 7.16. The molecule has 1 amide bonds. The molecule has 2 heterocycles. The maximum atomic E-state index is 12.3. The molecule has 5 nitrogen and oxygen atoms in total. The summed E-state index contributed by atoms with van der Waals surface area (Å²) in [6.07, 6.45) is 1.57. The smallest absolute Gasteiger partial charge is 0.237 e. The summed E-state index contributed by atoms with van der Waals surface area (Å²) in [5.74, 6) is 5.59. The van der Waals surface area contributed by atoms with Crippen LogP contribution in [0.2, 0.25) is 0 Å². The van der Waals surface area contributed by atoms with Gasteiger partial charge >= 0.3 is 0 Å². The average Bonchev–Trinajstić information content (AvgIpc) is 3.11. The lowest BCUT2D eigenvalue weighted by Crippen LogP contribution is -2.22. The van der Waals surface area contributed by atoms with Crippen LogP contribution in [0.1, 0.15) is 16.4 Å². The fourth-order valence-electron chi connectivity index (χ4n) is 2.09. The molecule has 6 heteroatoms. The Morgan fingerprint density at radius 2 is 2.38 bits per heavy atom. The molecule has 21 heavy (non-hydrogen) atoms. The van der Waals surface area contributed by atoms with Crippen LogP contribution >= 0.6 is 11.3 Å². The Labute approximate surface area is 125 Å². The van der Waals surface area contributed by atoms with Crippen LogP contribution in [0.3, 0.4) is 0 Å². The van der Waals surface area contributed by atoms with Crippen molar-refractivity contribution in [3.8, 4) is 17.6 Å². The number of anilines is 1. The van der Waals surface area contributed by atoms with E-state index < -0.39 is 0 Å². The molecule has 0 spiro atoms. The van der Waals surface area contributed by atoms with E-state index in [9.17, 15) is 4.79 Å². The number of rotatable bonds is 2. The van der Waals surface area contributed by atoms with Crippen molar-refractivity contribution in [2.24, 2.45) is 0 Å². The second-order valence-corrected chi connectivity index (χ2v) is 5.41. The molecule has 1 atom stereocenters. The van der Waals surface area contributed by atoms with Crippen molar-refractivity contribution in [3.63, 3.8) is 0 Å². The van der Waals surface area contributed by atoms with E-state index in [1.165, 1.54) is 11.3 Å². The van der Waals surface area contributed by atoms with Crippen molar-refractivity contribution in [3.05, 3.63) is 40.9 Å². The Hall–Kier alpha value is -2.36. The standard InChI is InChI=1S/C15H12N2O3S/c18-7-3-4-10-8-16-15(21-10)17-14(19)12-9-20-13-6-2-1-5-11(12)13/h1-2,5-6,8,12,18H,7,9H2,(H,16,17,19). The van der Waals surface area contributed by atoms with Gasteiger partial charge in [-0.25, -0.2) is 4.98 Å². The first kappa shape index (κ1) is 13.6. The van der Waals surface area contributed by atoms with Gasteiger partial charge in [-0.1, -0.05) is 41.4 Å². The highest BCUT2D eigenvalue weighted by atomic mass is 32.1. The van der Waals surface area contributed by atoms with E-state index in [2.05, 4.69) is 22.1 Å². The summed E-state index contributed by atoms with van der Waals surface area (Å²) in [5, 5.41) is 11.9. The molecular formula is C15H12N2O3S. The Morgan fingerprint density at radius 1 is 1.52 bits per heavy atom. The SMILES string of the molecule is O=C(Nc1ncc(C#CCO)s1)C1COc2ccccc21. The zero-order chi connectivity index (χ0) is 14.7. The molecule has 1 aromatic heterocycles. The van der Waals surface area contributed by atoms with Gasteiger partial charge in [-0.15, -0.1) is 0 Å². The minimum Gasteiger partial charge on any atom is -0.492 e. The fraction of sp³-hybridized carbons (Fsp3) is 0.200. The first-order valence-corrected chi connectivity index (χ1v) is 7.17. The van der Waals surface area contributed by atoms with Gasteiger partial charge in [0.15, 0.2) is 5.13 Å². The Balaban J connectivity index is 1.71. The second-order valence-electron chi connectivity index (χ2n) is 4.38. The Bertz CT molecular complexity index is 730. The third-order valence-electron chi connectivity index (χ3n) is 3.04. The van der Waals surface area contributed by atoms with Gasteiger partial charge in [0.1, 0.15) is 24.9 Å². The van der Waals surface area contributed by atoms with Crippen LogP contribution in [-0.4, -0.2) is 29.2 Å². The number of para-hydroxylation sites is 1. The maximum absolute atomic E-state index is 12.3. The van der Waals surface area contributed by atoms with E-state index in [0.29, 0.717) is 16.6 Å². The monoisotopic (exact) mass is 300 g/mol. The third-order valence-corrected chi connectivity index (χ3v) is 3.87. The van der Waals surface area contributed by atoms with Crippen molar-refractivity contribution in [2.75, 3.05) is 18.5 Å². The van der Waals surface area contributed by atoms with Gasteiger partial charge in [0.25, 0.3) is 0 Å². The third kappa shape index (κ3) is 2.89. The Kier molecular flexibility index (Phi) is 3.86. The van der Waals surface area contributed by atoms with Crippen molar-refractivity contribution in [1.82, 2.24) is 4.98 Å². The number of nitrogens with zero attached hydrogens (tertiary/aromatic N) is 1. The number of amides is 1. The molecule has 2 N–H and O–H groups in total. The van der Waals surface area contributed by atoms with E-state index in [4.69, 9.17) is 9.84 Å². The number of nitrogens with one attached hydrogen (secondary N) is 1. The van der Waals surface area contributed by atoms with Gasteiger partial charge in [-0.05, 0) is 6.07 Å². The predicted molar refractivity (Wildman–Crippen MR) is 79.4 cm³/mol. The van der Waals surface area contributed by atoms with Gasteiger partial charge in [0.05, 0.1) is 11.1 Å². The molecule has 106 valence electrons. The van der Waals surface area contributed by atoms with E-state index in [-0.39, 0.29) is 18.4 Å². The molecule has 0 fully saturated rings. The average molecular weight is 300 g/mol. The van der Waals surface area contributed by atoms with Gasteiger partial charge in [0.2, 0.25) is 5.91 Å². The van der Waals surface area contributed by atoms with Crippen molar-refractivity contribution in [1.29, 1.82) is 0 Å². The van der Waals surface area contributed by atoms with E-state index >= 15 is 0 Å². The number of fused-ring (bicyclic) bond motifs is 1. The number of ether oxygens (including phenoxy) is 1. The molecule has 2 aromatic rings. The summed E-state index contributed by atoms with van der Waals surface area (Å²) in [5.41, 5.74) is 0.895. The van der Waals surface area contributed by atoms with Crippen LogP contribution in [0, 0.1) is 11.8 Å². The fourth-order valence-corrected chi connectivity index (χ4v) is 2.78. The molecule has 0 bridgehead atoms. The van der Waals surface area contributed by atoms with Crippen molar-refractivity contribution in [2.45, 2.75) is 5.92 Å². The van der Waals surface area contributed by atoms with Crippen LogP contribution in [0.4, 0.5) is 5.13 Å². The predicted octanol–water partition coefficient (Wildman–Crippen LogP) is 1.60. The van der Waals surface area contributed by atoms with Crippen molar-refractivity contribution < 1.29 is 14.6 Å². The maximum Gasteiger partial charge on any atom is 0.237 e. The van der Waals surface area contributed by atoms with Crippen LogP contribution < -0.4 is 10.1 Å². The molecule has 0 saturated heterocycles. The lowest BCUT2D eigenvalue weighted by Gasteiger charge is -2.07. The first-order valence-electron chi connectivity index (χ1n) is 6.36. The minimum absolute atomic E-state index is 0.143. The number of aliphatic hydroxyl groups is 1. The van der Waals surface area contributed by atoms with Gasteiger partial charge in [-0.2, -0.15) is 0 Å². The van der Waals surface area contributed by atoms with Crippen molar-refractivity contribution >= 4 is 22.4 Å². The quantitative estimate of drug-likeness (QED) is 0.827. The summed E-state index contributed by atoms with van der Waals surface area (Å²) >= 11 is 1.27. The molecule has 1 aliphatic rings. The summed E-state index contributed by atoms with van der Waals surface area (Å²) in [7, 11) is 0. The van der Waals surface area contributed by atoms with E-state index in [1.807, 2.05) is 24.3 Å². The lowest BCUT2D eigenvalue weighted by atomic mass is 10.0. The van der Waals surface area contributed by atoms with Crippen LogP contribution in [0.25, 0.3) is 0 Å². The number of aromatic nitrogens is 1. The molecule has 1 unspecified atom stereocenters. The highest BCUT2D eigenvalue weighted by Crippen LogP contribution is 2.34. The molecule has 0 aliphatic carbocycles. The highest BCUT2D eigenvalue weighted by Gasteiger charge is 2.30.